The molecule has 4 nitrogen and oxygen atoms in total. The lowest BCUT2D eigenvalue weighted by atomic mass is 9.96. The van der Waals surface area contributed by atoms with Gasteiger partial charge in [-0.1, -0.05) is 182 Å². The normalized spacial score (nSPS) is 11.7. The second-order valence-electron chi connectivity index (χ2n) is 15.1. The molecular weight excluding hydrogens is 751 g/mol. The van der Waals surface area contributed by atoms with E-state index in [1.807, 2.05) is 59.9 Å². The van der Waals surface area contributed by atoms with E-state index < -0.39 is 0 Å². The van der Waals surface area contributed by atoms with E-state index >= 15 is 0 Å². The van der Waals surface area contributed by atoms with E-state index in [1.54, 1.807) is 0 Å². The molecule has 12 rings (SSSR count). The number of para-hydroxylation sites is 3. The molecule has 0 atom stereocenters. The van der Waals surface area contributed by atoms with Gasteiger partial charge >= 0.3 is 0 Å². The summed E-state index contributed by atoms with van der Waals surface area (Å²) in [6, 6.07) is 70.0. The minimum absolute atomic E-state index is 0.697. The SMILES string of the molecule is c1ccc(-c2cc(-c3ccccc3)nc(-c3ccc(-c4ccc(-c5nc6c(-c7cccc8c7oc7ccccc78)cccc6c6c5sc5ccccc56)cc4)cc3)n2)cc1. The molecule has 12 aromatic rings. The summed E-state index contributed by atoms with van der Waals surface area (Å²) in [5.74, 6) is 0.697. The Hall–Kier alpha value is -7.73. The molecule has 0 spiro atoms. The van der Waals surface area contributed by atoms with Crippen LogP contribution in [0.3, 0.4) is 0 Å². The summed E-state index contributed by atoms with van der Waals surface area (Å²) in [6.45, 7) is 0. The van der Waals surface area contributed by atoms with E-state index in [2.05, 4.69) is 152 Å². The van der Waals surface area contributed by atoms with Crippen LogP contribution in [0.2, 0.25) is 0 Å². The van der Waals surface area contributed by atoms with Crippen LogP contribution in [-0.2, 0) is 0 Å². The maximum atomic E-state index is 6.55. The van der Waals surface area contributed by atoms with Crippen LogP contribution in [0.5, 0.6) is 0 Å². The number of thiophene rings is 1. The van der Waals surface area contributed by atoms with Gasteiger partial charge in [-0.2, -0.15) is 0 Å². The van der Waals surface area contributed by atoms with E-state index in [0.29, 0.717) is 5.82 Å². The number of rotatable bonds is 6. The summed E-state index contributed by atoms with van der Waals surface area (Å²) in [6.07, 6.45) is 0. The minimum Gasteiger partial charge on any atom is -0.455 e. The summed E-state index contributed by atoms with van der Waals surface area (Å²) in [4.78, 5) is 15.6. The Bertz CT molecular complexity index is 3520. The molecule has 0 amide bonds. The highest BCUT2D eigenvalue weighted by atomic mass is 32.1. The maximum Gasteiger partial charge on any atom is 0.160 e. The van der Waals surface area contributed by atoms with Crippen molar-refractivity contribution in [2.75, 3.05) is 0 Å². The number of furan rings is 1. The molecule has 4 aromatic heterocycles. The van der Waals surface area contributed by atoms with Crippen molar-refractivity contribution in [2.45, 2.75) is 0 Å². The second-order valence-corrected chi connectivity index (χ2v) is 16.1. The summed E-state index contributed by atoms with van der Waals surface area (Å²) in [7, 11) is 0. The third-order valence-electron chi connectivity index (χ3n) is 11.5. The number of hydrogen-bond donors (Lipinski definition) is 0. The van der Waals surface area contributed by atoms with E-state index in [0.717, 1.165) is 94.4 Å². The van der Waals surface area contributed by atoms with E-state index in [-0.39, 0.29) is 0 Å². The molecule has 0 aliphatic rings. The fraction of sp³-hybridized carbons (Fsp3) is 0. The summed E-state index contributed by atoms with van der Waals surface area (Å²) in [5, 5.41) is 5.85. The van der Waals surface area contributed by atoms with Crippen molar-refractivity contribution in [1.29, 1.82) is 0 Å². The Labute approximate surface area is 349 Å². The number of pyridine rings is 1. The van der Waals surface area contributed by atoms with Gasteiger partial charge < -0.3 is 4.42 Å². The van der Waals surface area contributed by atoms with Crippen molar-refractivity contribution in [3.05, 3.63) is 200 Å². The third kappa shape index (κ3) is 5.70. The molecular formula is C55H33N3OS. The predicted molar refractivity (Wildman–Crippen MR) is 250 cm³/mol. The number of aromatic nitrogens is 3. The molecule has 0 aliphatic carbocycles. The van der Waals surface area contributed by atoms with Crippen molar-refractivity contribution >= 4 is 64.4 Å². The molecule has 4 heterocycles. The monoisotopic (exact) mass is 783 g/mol. The Balaban J connectivity index is 0.955. The lowest BCUT2D eigenvalue weighted by Crippen LogP contribution is -1.95. The van der Waals surface area contributed by atoms with E-state index in [1.165, 1.54) is 20.2 Å². The fourth-order valence-corrected chi connectivity index (χ4v) is 9.83. The highest BCUT2D eigenvalue weighted by molar-refractivity contribution is 7.26. The standard InChI is InChI=1S/C55H33N3OS/c1-3-13-36(14-4-1)46-33-47(37-15-5-2-6-16-37)57-55(56-46)39-31-27-35(28-32-39)34-25-29-38(30-26-34)51-54-50(44-18-8-10-24-49(44)60-54)45-22-11-19-41(52(45)58-51)43-21-12-20-42-40-17-7-9-23-48(40)59-53(42)43/h1-33H. The summed E-state index contributed by atoms with van der Waals surface area (Å²) < 4.78 is 8.98. The van der Waals surface area contributed by atoms with Gasteiger partial charge in [0.25, 0.3) is 0 Å². The van der Waals surface area contributed by atoms with Crippen LogP contribution in [0.4, 0.5) is 0 Å². The second kappa shape index (κ2) is 14.0. The highest BCUT2D eigenvalue weighted by Gasteiger charge is 2.20. The lowest BCUT2D eigenvalue weighted by molar-refractivity contribution is 0.670. The molecule has 0 aliphatic heterocycles. The van der Waals surface area contributed by atoms with Crippen LogP contribution in [0.25, 0.3) is 120 Å². The molecule has 0 N–H and O–H groups in total. The van der Waals surface area contributed by atoms with E-state index in [4.69, 9.17) is 19.4 Å². The largest absolute Gasteiger partial charge is 0.455 e. The molecule has 8 aromatic carbocycles. The van der Waals surface area contributed by atoms with Gasteiger partial charge in [-0.05, 0) is 29.3 Å². The first-order chi connectivity index (χ1) is 29.7. The first-order valence-electron chi connectivity index (χ1n) is 20.1. The molecule has 0 saturated carbocycles. The maximum absolute atomic E-state index is 6.55. The zero-order chi connectivity index (χ0) is 39.6. The van der Waals surface area contributed by atoms with Crippen molar-refractivity contribution in [2.24, 2.45) is 0 Å². The van der Waals surface area contributed by atoms with Gasteiger partial charge in [0.2, 0.25) is 0 Å². The first-order valence-corrected chi connectivity index (χ1v) is 20.9. The molecule has 0 unspecified atom stereocenters. The van der Waals surface area contributed by atoms with Crippen LogP contribution >= 0.6 is 11.3 Å². The van der Waals surface area contributed by atoms with Crippen LogP contribution in [-0.4, -0.2) is 15.0 Å². The molecule has 280 valence electrons. The molecule has 0 radical (unpaired) electrons. The van der Waals surface area contributed by atoms with E-state index in [9.17, 15) is 0 Å². The van der Waals surface area contributed by atoms with Gasteiger partial charge in [-0.15, -0.1) is 11.3 Å². The number of hydrogen-bond acceptors (Lipinski definition) is 5. The zero-order valence-electron chi connectivity index (χ0n) is 32.2. The van der Waals surface area contributed by atoms with Crippen LogP contribution in [0, 0.1) is 0 Å². The van der Waals surface area contributed by atoms with Gasteiger partial charge in [-0.3, -0.25) is 0 Å². The molecule has 60 heavy (non-hydrogen) atoms. The summed E-state index contributed by atoms with van der Waals surface area (Å²) >= 11 is 1.81. The van der Waals surface area contributed by atoms with Gasteiger partial charge in [0.1, 0.15) is 11.2 Å². The zero-order valence-corrected chi connectivity index (χ0v) is 33.0. The molecule has 5 heteroatoms. The van der Waals surface area contributed by atoms with Crippen LogP contribution < -0.4 is 0 Å². The van der Waals surface area contributed by atoms with Gasteiger partial charge in [0.15, 0.2) is 5.82 Å². The predicted octanol–water partition coefficient (Wildman–Crippen LogP) is 15.3. The van der Waals surface area contributed by atoms with Crippen molar-refractivity contribution in [1.82, 2.24) is 15.0 Å². The smallest absolute Gasteiger partial charge is 0.160 e. The summed E-state index contributed by atoms with van der Waals surface area (Å²) in [5.41, 5.74) is 14.0. The molecule has 0 fully saturated rings. The van der Waals surface area contributed by atoms with Gasteiger partial charge in [0.05, 0.1) is 27.3 Å². The third-order valence-corrected chi connectivity index (χ3v) is 12.7. The Morgan fingerprint density at radius 3 is 1.63 bits per heavy atom. The fourth-order valence-electron chi connectivity index (χ4n) is 8.60. The highest BCUT2D eigenvalue weighted by Crippen LogP contribution is 2.46. The molecule has 0 bridgehead atoms. The van der Waals surface area contributed by atoms with Crippen LogP contribution in [0.1, 0.15) is 0 Å². The van der Waals surface area contributed by atoms with Crippen molar-refractivity contribution < 1.29 is 4.42 Å². The quantitative estimate of drug-likeness (QED) is 0.169. The average molecular weight is 784 g/mol. The topological polar surface area (TPSA) is 51.8 Å². The number of benzene rings is 8. The van der Waals surface area contributed by atoms with Crippen molar-refractivity contribution in [3.8, 4) is 67.4 Å². The van der Waals surface area contributed by atoms with Gasteiger partial charge in [-0.25, -0.2) is 15.0 Å². The molecule has 0 saturated heterocycles. The number of nitrogens with zero attached hydrogens (tertiary/aromatic N) is 3. The van der Waals surface area contributed by atoms with Crippen LogP contribution in [0.15, 0.2) is 205 Å². The number of fused-ring (bicyclic) bond motifs is 8. The lowest BCUT2D eigenvalue weighted by Gasteiger charge is -2.12. The average Bonchev–Trinajstić information content (AvgIpc) is 3.91. The minimum atomic E-state index is 0.697. The van der Waals surface area contributed by atoms with Gasteiger partial charge in [0, 0.05) is 65.0 Å². The Kier molecular flexibility index (Phi) is 8.00. The van der Waals surface area contributed by atoms with Crippen molar-refractivity contribution in [3.63, 3.8) is 0 Å². The first kappa shape index (κ1) is 34.3. The Morgan fingerprint density at radius 1 is 0.383 bits per heavy atom. The Morgan fingerprint density at radius 2 is 0.933 bits per heavy atom.